The Labute approximate surface area is 120 Å². The molecular weight excluding hydrogens is 274 g/mol. The molecule has 20 heavy (non-hydrogen) atoms. The van der Waals surface area contributed by atoms with Crippen LogP contribution in [0.3, 0.4) is 0 Å². The van der Waals surface area contributed by atoms with Crippen molar-refractivity contribution in [3.05, 3.63) is 35.4 Å². The average molecular weight is 293 g/mol. The molecule has 0 amide bonds. The van der Waals surface area contributed by atoms with E-state index < -0.39 is 10.0 Å². The summed E-state index contributed by atoms with van der Waals surface area (Å²) < 4.78 is 27.1. The Hall–Kier alpha value is -1.42. The van der Waals surface area contributed by atoms with Gasteiger partial charge in [0, 0.05) is 6.04 Å². The summed E-state index contributed by atoms with van der Waals surface area (Å²) in [5.74, 6) is -0.136. The van der Waals surface area contributed by atoms with E-state index in [2.05, 4.69) is 9.62 Å². The zero-order valence-electron chi connectivity index (χ0n) is 11.5. The molecular formula is C14H19N3O2S. The van der Waals surface area contributed by atoms with Gasteiger partial charge >= 0.3 is 0 Å². The second-order valence-electron chi connectivity index (χ2n) is 5.22. The lowest BCUT2D eigenvalue weighted by molar-refractivity contribution is 0.248. The predicted octanol–water partition coefficient (Wildman–Crippen LogP) is 1.07. The molecule has 1 saturated heterocycles. The molecule has 0 saturated carbocycles. The molecule has 1 N–H and O–H groups in total. The Morgan fingerprint density at radius 3 is 2.65 bits per heavy atom. The van der Waals surface area contributed by atoms with Crippen molar-refractivity contribution in [2.24, 2.45) is 0 Å². The van der Waals surface area contributed by atoms with Crippen molar-refractivity contribution >= 4 is 10.0 Å². The summed E-state index contributed by atoms with van der Waals surface area (Å²) in [6.07, 6.45) is 1.66. The van der Waals surface area contributed by atoms with E-state index in [9.17, 15) is 8.42 Å². The van der Waals surface area contributed by atoms with Crippen LogP contribution in [0.5, 0.6) is 0 Å². The molecule has 0 atom stereocenters. The molecule has 1 aromatic carbocycles. The maximum Gasteiger partial charge on any atom is 0.216 e. The highest BCUT2D eigenvalue weighted by Crippen LogP contribution is 2.14. The number of nitrogens with one attached hydrogen (secondary N) is 1. The first kappa shape index (κ1) is 15.0. The molecule has 0 spiro atoms. The van der Waals surface area contributed by atoms with Crippen molar-refractivity contribution in [2.75, 3.05) is 20.1 Å². The quantitative estimate of drug-likeness (QED) is 0.901. The zero-order valence-corrected chi connectivity index (χ0v) is 12.4. The van der Waals surface area contributed by atoms with E-state index in [0.717, 1.165) is 25.9 Å². The molecule has 0 bridgehead atoms. The SMILES string of the molecule is CN1CCC(NS(=O)(=O)Cc2ccccc2C#N)CC1. The Morgan fingerprint density at radius 2 is 2.00 bits per heavy atom. The van der Waals surface area contributed by atoms with E-state index in [1.165, 1.54) is 0 Å². The number of rotatable bonds is 4. The summed E-state index contributed by atoms with van der Waals surface area (Å²) in [6.45, 7) is 1.81. The summed E-state index contributed by atoms with van der Waals surface area (Å²) in [6, 6.07) is 8.85. The molecule has 108 valence electrons. The van der Waals surface area contributed by atoms with Crippen LogP contribution in [0, 0.1) is 11.3 Å². The van der Waals surface area contributed by atoms with Gasteiger partial charge in [-0.1, -0.05) is 18.2 Å². The van der Waals surface area contributed by atoms with Gasteiger partial charge in [0.15, 0.2) is 0 Å². The molecule has 2 rings (SSSR count). The van der Waals surface area contributed by atoms with Gasteiger partial charge in [-0.25, -0.2) is 13.1 Å². The molecule has 0 unspecified atom stereocenters. The average Bonchev–Trinajstić information content (AvgIpc) is 2.41. The maximum absolute atomic E-state index is 12.2. The molecule has 1 aliphatic heterocycles. The first-order valence-electron chi connectivity index (χ1n) is 6.67. The number of nitriles is 1. The van der Waals surface area contributed by atoms with Gasteiger partial charge < -0.3 is 4.90 Å². The first-order chi connectivity index (χ1) is 9.50. The van der Waals surface area contributed by atoms with Gasteiger partial charge in [0.1, 0.15) is 0 Å². The molecule has 1 aliphatic rings. The van der Waals surface area contributed by atoms with Crippen molar-refractivity contribution in [3.8, 4) is 6.07 Å². The van der Waals surface area contributed by atoms with E-state index >= 15 is 0 Å². The van der Waals surface area contributed by atoms with Crippen LogP contribution >= 0.6 is 0 Å². The van der Waals surface area contributed by atoms with Gasteiger partial charge in [-0.05, 0) is 44.6 Å². The molecule has 6 heteroatoms. The van der Waals surface area contributed by atoms with Crippen molar-refractivity contribution < 1.29 is 8.42 Å². The number of nitrogens with zero attached hydrogens (tertiary/aromatic N) is 2. The minimum atomic E-state index is -3.40. The van der Waals surface area contributed by atoms with Crippen molar-refractivity contribution in [1.29, 1.82) is 5.26 Å². The number of likely N-dealkylation sites (tertiary alicyclic amines) is 1. The van der Waals surface area contributed by atoms with Crippen LogP contribution in [0.15, 0.2) is 24.3 Å². The van der Waals surface area contributed by atoms with Crippen molar-refractivity contribution in [1.82, 2.24) is 9.62 Å². The van der Waals surface area contributed by atoms with Gasteiger partial charge in [-0.15, -0.1) is 0 Å². The molecule has 1 aromatic rings. The summed E-state index contributed by atoms with van der Waals surface area (Å²) in [7, 11) is -1.37. The van der Waals surface area contributed by atoms with Gasteiger partial charge in [-0.2, -0.15) is 5.26 Å². The van der Waals surface area contributed by atoms with Gasteiger partial charge in [0.2, 0.25) is 10.0 Å². The fourth-order valence-electron chi connectivity index (χ4n) is 2.38. The topological polar surface area (TPSA) is 73.2 Å². The highest BCUT2D eigenvalue weighted by atomic mass is 32.2. The highest BCUT2D eigenvalue weighted by Gasteiger charge is 2.22. The second-order valence-corrected chi connectivity index (χ2v) is 6.98. The van der Waals surface area contributed by atoms with E-state index in [0.29, 0.717) is 11.1 Å². The van der Waals surface area contributed by atoms with Crippen molar-refractivity contribution in [2.45, 2.75) is 24.6 Å². The third-order valence-electron chi connectivity index (χ3n) is 3.55. The lowest BCUT2D eigenvalue weighted by Gasteiger charge is -2.29. The van der Waals surface area contributed by atoms with Gasteiger partial charge in [0.05, 0.1) is 17.4 Å². The molecule has 0 aromatic heterocycles. The Bertz CT molecular complexity index is 599. The standard InChI is InChI=1S/C14H19N3O2S/c1-17-8-6-14(7-9-17)16-20(18,19)11-13-5-3-2-4-12(13)10-15/h2-5,14,16H,6-9,11H2,1H3. The fourth-order valence-corrected chi connectivity index (χ4v) is 3.87. The minimum Gasteiger partial charge on any atom is -0.306 e. The molecule has 1 fully saturated rings. The molecule has 5 nitrogen and oxygen atoms in total. The van der Waals surface area contributed by atoms with Crippen LogP contribution in [0.25, 0.3) is 0 Å². The number of benzene rings is 1. The van der Waals surface area contributed by atoms with Gasteiger partial charge in [-0.3, -0.25) is 0 Å². The maximum atomic E-state index is 12.2. The van der Waals surface area contributed by atoms with Gasteiger partial charge in [0.25, 0.3) is 0 Å². The van der Waals surface area contributed by atoms with Crippen LogP contribution in [0.2, 0.25) is 0 Å². The lowest BCUT2D eigenvalue weighted by Crippen LogP contribution is -2.43. The Morgan fingerprint density at radius 1 is 1.35 bits per heavy atom. The first-order valence-corrected chi connectivity index (χ1v) is 8.32. The van der Waals surface area contributed by atoms with E-state index in [1.54, 1.807) is 24.3 Å². The van der Waals surface area contributed by atoms with E-state index in [-0.39, 0.29) is 11.8 Å². The Kier molecular flexibility index (Phi) is 4.76. The number of hydrogen-bond acceptors (Lipinski definition) is 4. The van der Waals surface area contributed by atoms with E-state index in [4.69, 9.17) is 5.26 Å². The molecule has 0 radical (unpaired) electrons. The highest BCUT2D eigenvalue weighted by molar-refractivity contribution is 7.88. The summed E-state index contributed by atoms with van der Waals surface area (Å²) in [5, 5.41) is 9.00. The largest absolute Gasteiger partial charge is 0.306 e. The van der Waals surface area contributed by atoms with Crippen LogP contribution in [0.4, 0.5) is 0 Å². The molecule has 0 aliphatic carbocycles. The Balaban J connectivity index is 2.03. The second kappa shape index (κ2) is 6.35. The zero-order chi connectivity index (χ0) is 14.6. The smallest absolute Gasteiger partial charge is 0.216 e. The monoisotopic (exact) mass is 293 g/mol. The van der Waals surface area contributed by atoms with Crippen molar-refractivity contribution in [3.63, 3.8) is 0 Å². The van der Waals surface area contributed by atoms with E-state index in [1.807, 2.05) is 13.1 Å². The third kappa shape index (κ3) is 4.04. The van der Waals surface area contributed by atoms with Crippen LogP contribution in [-0.4, -0.2) is 39.5 Å². The summed E-state index contributed by atoms with van der Waals surface area (Å²) in [5.41, 5.74) is 0.969. The summed E-state index contributed by atoms with van der Waals surface area (Å²) >= 11 is 0. The number of piperidine rings is 1. The number of hydrogen-bond donors (Lipinski definition) is 1. The van der Waals surface area contributed by atoms with Crippen LogP contribution in [0.1, 0.15) is 24.0 Å². The third-order valence-corrected chi connectivity index (χ3v) is 4.93. The minimum absolute atomic E-state index is 0.00504. The van der Waals surface area contributed by atoms with Crippen LogP contribution < -0.4 is 4.72 Å². The predicted molar refractivity (Wildman–Crippen MR) is 77.4 cm³/mol. The normalized spacial score (nSPS) is 17.8. The lowest BCUT2D eigenvalue weighted by atomic mass is 10.1. The van der Waals surface area contributed by atoms with Crippen LogP contribution in [-0.2, 0) is 15.8 Å². The fraction of sp³-hybridized carbons (Fsp3) is 0.500. The number of sulfonamides is 1. The summed E-state index contributed by atoms with van der Waals surface area (Å²) in [4.78, 5) is 2.19. The molecule has 1 heterocycles.